The van der Waals surface area contributed by atoms with Crippen LogP contribution in [0.2, 0.25) is 0 Å². The van der Waals surface area contributed by atoms with E-state index >= 15 is 0 Å². The molecule has 27 heavy (non-hydrogen) atoms. The van der Waals surface area contributed by atoms with Gasteiger partial charge in [0.25, 0.3) is 0 Å². The Balaban J connectivity index is 1.41. The molecule has 1 aromatic carbocycles. The molecular formula is C20H20N6O. The number of imidazole rings is 1. The molecule has 1 atom stereocenters. The SMILES string of the molecule is Cc1ccc2cccc(OC[C@H]3CCCN3c3ncnc4nc[nH]c34)c2n1. The lowest BCUT2D eigenvalue weighted by Crippen LogP contribution is -2.35. The standard InChI is InChI=1S/C20H20N6O/c1-13-7-8-14-4-2-6-16(17(14)25-13)27-10-15-5-3-9-26(15)20-18-19(22-11-21-18)23-12-24-20/h2,4,6-8,11-12,15H,3,5,9-10H2,1H3,(H,21,22,23,24)/t15-/m1/s1. The quantitative estimate of drug-likeness (QED) is 0.602. The van der Waals surface area contributed by atoms with Crippen molar-refractivity contribution in [3.05, 3.63) is 48.7 Å². The number of ether oxygens (including phenoxy) is 1. The predicted molar refractivity (Wildman–Crippen MR) is 104 cm³/mol. The van der Waals surface area contributed by atoms with Gasteiger partial charge in [-0.1, -0.05) is 18.2 Å². The summed E-state index contributed by atoms with van der Waals surface area (Å²) in [6.07, 6.45) is 5.41. The van der Waals surface area contributed by atoms with Crippen LogP contribution in [-0.4, -0.2) is 44.1 Å². The van der Waals surface area contributed by atoms with E-state index in [4.69, 9.17) is 4.74 Å². The Morgan fingerprint density at radius 3 is 3.11 bits per heavy atom. The van der Waals surface area contributed by atoms with Crippen molar-refractivity contribution >= 4 is 27.9 Å². The summed E-state index contributed by atoms with van der Waals surface area (Å²) in [5.74, 6) is 1.73. The van der Waals surface area contributed by atoms with Crippen molar-refractivity contribution in [2.24, 2.45) is 0 Å². The normalized spacial score (nSPS) is 17.1. The molecule has 3 aromatic heterocycles. The first-order valence-electron chi connectivity index (χ1n) is 9.19. The van der Waals surface area contributed by atoms with Crippen molar-refractivity contribution < 1.29 is 4.74 Å². The number of aryl methyl sites for hydroxylation is 1. The van der Waals surface area contributed by atoms with Crippen LogP contribution in [0.4, 0.5) is 5.82 Å². The molecule has 0 radical (unpaired) electrons. The predicted octanol–water partition coefficient (Wildman–Crippen LogP) is 3.26. The Morgan fingerprint density at radius 1 is 1.19 bits per heavy atom. The van der Waals surface area contributed by atoms with E-state index < -0.39 is 0 Å². The van der Waals surface area contributed by atoms with Crippen LogP contribution in [0.1, 0.15) is 18.5 Å². The van der Waals surface area contributed by atoms with Gasteiger partial charge in [0.2, 0.25) is 0 Å². The van der Waals surface area contributed by atoms with Crippen LogP contribution in [0.5, 0.6) is 5.75 Å². The van der Waals surface area contributed by atoms with Crippen LogP contribution in [0.15, 0.2) is 43.0 Å². The van der Waals surface area contributed by atoms with Gasteiger partial charge < -0.3 is 14.6 Å². The molecule has 1 aliphatic rings. The number of hydrogen-bond donors (Lipinski definition) is 1. The Morgan fingerprint density at radius 2 is 2.15 bits per heavy atom. The number of rotatable bonds is 4. The average Bonchev–Trinajstić information content (AvgIpc) is 3.35. The van der Waals surface area contributed by atoms with E-state index in [2.05, 4.69) is 42.0 Å². The minimum absolute atomic E-state index is 0.256. The van der Waals surface area contributed by atoms with E-state index in [1.165, 1.54) is 0 Å². The molecule has 4 aromatic rings. The summed E-state index contributed by atoms with van der Waals surface area (Å²) in [5.41, 5.74) is 3.48. The monoisotopic (exact) mass is 360 g/mol. The minimum Gasteiger partial charge on any atom is -0.489 e. The highest BCUT2D eigenvalue weighted by atomic mass is 16.5. The van der Waals surface area contributed by atoms with Crippen molar-refractivity contribution in [2.45, 2.75) is 25.8 Å². The van der Waals surface area contributed by atoms with E-state index in [-0.39, 0.29) is 6.04 Å². The van der Waals surface area contributed by atoms with E-state index in [0.717, 1.165) is 53.1 Å². The third-order valence-corrected chi connectivity index (χ3v) is 5.11. The van der Waals surface area contributed by atoms with Gasteiger partial charge in [-0.25, -0.2) is 19.9 Å². The molecule has 1 saturated heterocycles. The Hall–Kier alpha value is -3.22. The second kappa shape index (κ2) is 6.50. The second-order valence-corrected chi connectivity index (χ2v) is 6.88. The zero-order valence-corrected chi connectivity index (χ0v) is 15.1. The van der Waals surface area contributed by atoms with Crippen LogP contribution >= 0.6 is 0 Å². The molecular weight excluding hydrogens is 340 g/mol. The number of fused-ring (bicyclic) bond motifs is 2. The fraction of sp³-hybridized carbons (Fsp3) is 0.300. The van der Waals surface area contributed by atoms with Gasteiger partial charge >= 0.3 is 0 Å². The summed E-state index contributed by atoms with van der Waals surface area (Å²) >= 11 is 0. The number of H-pyrrole nitrogens is 1. The molecule has 0 spiro atoms. The first-order chi connectivity index (χ1) is 13.3. The molecule has 0 aliphatic carbocycles. The third kappa shape index (κ3) is 2.85. The number of hydrogen-bond acceptors (Lipinski definition) is 6. The highest BCUT2D eigenvalue weighted by Crippen LogP contribution is 2.29. The summed E-state index contributed by atoms with van der Waals surface area (Å²) in [4.78, 5) is 23.1. The largest absolute Gasteiger partial charge is 0.489 e. The number of nitrogens with zero attached hydrogens (tertiary/aromatic N) is 5. The topological polar surface area (TPSA) is 79.8 Å². The molecule has 0 amide bonds. The van der Waals surface area contributed by atoms with Crippen molar-refractivity contribution in [1.82, 2.24) is 24.9 Å². The van der Waals surface area contributed by atoms with Gasteiger partial charge in [0.05, 0.1) is 12.4 Å². The molecule has 5 rings (SSSR count). The zero-order chi connectivity index (χ0) is 18.2. The average molecular weight is 360 g/mol. The van der Waals surface area contributed by atoms with E-state index in [9.17, 15) is 0 Å². The van der Waals surface area contributed by atoms with E-state index in [0.29, 0.717) is 12.3 Å². The maximum atomic E-state index is 6.23. The molecule has 4 heterocycles. The fourth-order valence-electron chi connectivity index (χ4n) is 3.78. The summed E-state index contributed by atoms with van der Waals surface area (Å²) in [5, 5.41) is 1.09. The van der Waals surface area contributed by atoms with E-state index in [1.807, 2.05) is 25.1 Å². The van der Waals surface area contributed by atoms with Gasteiger partial charge in [-0.05, 0) is 31.9 Å². The van der Waals surface area contributed by atoms with Crippen LogP contribution in [0.25, 0.3) is 22.1 Å². The third-order valence-electron chi connectivity index (χ3n) is 5.11. The second-order valence-electron chi connectivity index (χ2n) is 6.88. The summed E-state index contributed by atoms with van der Waals surface area (Å²) in [6.45, 7) is 3.54. The van der Waals surface area contributed by atoms with Crippen LogP contribution in [-0.2, 0) is 0 Å². The van der Waals surface area contributed by atoms with Gasteiger partial charge in [-0.3, -0.25) is 0 Å². The van der Waals surface area contributed by atoms with E-state index in [1.54, 1.807) is 12.7 Å². The lowest BCUT2D eigenvalue weighted by Gasteiger charge is -2.26. The van der Waals surface area contributed by atoms with Crippen molar-refractivity contribution in [2.75, 3.05) is 18.1 Å². The van der Waals surface area contributed by atoms with Crippen LogP contribution in [0.3, 0.4) is 0 Å². The molecule has 1 N–H and O–H groups in total. The molecule has 136 valence electrons. The van der Waals surface area contributed by atoms with Gasteiger partial charge in [0.1, 0.15) is 29.7 Å². The highest BCUT2D eigenvalue weighted by Gasteiger charge is 2.28. The first-order valence-corrected chi connectivity index (χ1v) is 9.19. The zero-order valence-electron chi connectivity index (χ0n) is 15.1. The van der Waals surface area contributed by atoms with Crippen LogP contribution in [0, 0.1) is 6.92 Å². The summed E-state index contributed by atoms with van der Waals surface area (Å²) in [6, 6.07) is 10.4. The number of aromatic nitrogens is 5. The lowest BCUT2D eigenvalue weighted by molar-refractivity contribution is 0.291. The number of para-hydroxylation sites is 1. The lowest BCUT2D eigenvalue weighted by atomic mass is 10.2. The molecule has 0 saturated carbocycles. The maximum Gasteiger partial charge on any atom is 0.182 e. The number of nitrogens with one attached hydrogen (secondary N) is 1. The van der Waals surface area contributed by atoms with Crippen molar-refractivity contribution in [1.29, 1.82) is 0 Å². The molecule has 1 aliphatic heterocycles. The van der Waals surface area contributed by atoms with Crippen molar-refractivity contribution in [3.63, 3.8) is 0 Å². The fourth-order valence-corrected chi connectivity index (χ4v) is 3.78. The number of pyridine rings is 1. The number of anilines is 1. The molecule has 7 nitrogen and oxygen atoms in total. The molecule has 1 fully saturated rings. The smallest absolute Gasteiger partial charge is 0.182 e. The van der Waals surface area contributed by atoms with Crippen LogP contribution < -0.4 is 9.64 Å². The molecule has 0 bridgehead atoms. The number of aromatic amines is 1. The Bertz CT molecular complexity index is 1110. The minimum atomic E-state index is 0.256. The Kier molecular flexibility index (Phi) is 3.85. The number of benzene rings is 1. The summed E-state index contributed by atoms with van der Waals surface area (Å²) < 4.78 is 6.23. The van der Waals surface area contributed by atoms with Gasteiger partial charge in [0, 0.05) is 17.6 Å². The summed E-state index contributed by atoms with van der Waals surface area (Å²) in [7, 11) is 0. The van der Waals surface area contributed by atoms with Gasteiger partial charge in [0.15, 0.2) is 11.5 Å². The Labute approximate surface area is 156 Å². The van der Waals surface area contributed by atoms with Gasteiger partial charge in [-0.2, -0.15) is 0 Å². The highest BCUT2D eigenvalue weighted by molar-refractivity contribution is 5.85. The maximum absolute atomic E-state index is 6.23. The molecule has 7 heteroatoms. The van der Waals surface area contributed by atoms with Gasteiger partial charge in [-0.15, -0.1) is 0 Å². The van der Waals surface area contributed by atoms with Crippen molar-refractivity contribution in [3.8, 4) is 5.75 Å². The first kappa shape index (κ1) is 16.0. The molecule has 0 unspecified atom stereocenters.